The number of rotatable bonds is 2. The number of carbonyl (C=O) groups is 1. The summed E-state index contributed by atoms with van der Waals surface area (Å²) in [4.78, 5) is 15.5. The second kappa shape index (κ2) is 5.76. The number of ether oxygens (including phenoxy) is 1. The highest BCUT2D eigenvalue weighted by molar-refractivity contribution is 9.10. The van der Waals surface area contributed by atoms with Crippen molar-refractivity contribution < 1.29 is 14.1 Å². The van der Waals surface area contributed by atoms with Crippen LogP contribution in [0.2, 0.25) is 0 Å². The standard InChI is InChI=1S/C19H13BrN2O2/c1-24-19(23)15-7-6-12(20)10-18(15)22-9-8-14-13-4-2-3-5-16(13)21-17(14)11-22/h2-11H,1H3/p+1. The Kier molecular flexibility index (Phi) is 3.58. The van der Waals surface area contributed by atoms with E-state index in [0.717, 1.165) is 26.6 Å². The first-order chi connectivity index (χ1) is 11.7. The summed E-state index contributed by atoms with van der Waals surface area (Å²) < 4.78 is 7.72. The van der Waals surface area contributed by atoms with E-state index in [1.807, 2.05) is 41.2 Å². The molecule has 0 amide bonds. The summed E-state index contributed by atoms with van der Waals surface area (Å²) in [5.74, 6) is -0.359. The Hall–Kier alpha value is -2.66. The number of nitrogens with one attached hydrogen (secondary N) is 1. The van der Waals surface area contributed by atoms with Crippen molar-refractivity contribution in [1.29, 1.82) is 0 Å². The number of nitrogens with zero attached hydrogens (tertiary/aromatic N) is 1. The number of esters is 1. The van der Waals surface area contributed by atoms with Crippen molar-refractivity contribution >= 4 is 43.7 Å². The molecule has 0 bridgehead atoms. The second-order valence-corrected chi connectivity index (χ2v) is 6.42. The van der Waals surface area contributed by atoms with Crippen LogP contribution in [-0.2, 0) is 4.74 Å². The molecule has 2 heterocycles. The molecule has 0 unspecified atom stereocenters. The van der Waals surface area contributed by atoms with Crippen LogP contribution in [0.3, 0.4) is 0 Å². The van der Waals surface area contributed by atoms with Crippen LogP contribution >= 0.6 is 15.9 Å². The summed E-state index contributed by atoms with van der Waals surface area (Å²) in [7, 11) is 1.39. The summed E-state index contributed by atoms with van der Waals surface area (Å²) in [6.45, 7) is 0. The molecule has 0 aliphatic heterocycles. The van der Waals surface area contributed by atoms with Gasteiger partial charge in [0.05, 0.1) is 7.11 Å². The van der Waals surface area contributed by atoms with Crippen molar-refractivity contribution in [1.82, 2.24) is 4.98 Å². The number of benzene rings is 2. The monoisotopic (exact) mass is 381 g/mol. The zero-order chi connectivity index (χ0) is 16.7. The van der Waals surface area contributed by atoms with Crippen LogP contribution in [0.1, 0.15) is 10.4 Å². The fourth-order valence-electron chi connectivity index (χ4n) is 2.95. The second-order valence-electron chi connectivity index (χ2n) is 5.50. The van der Waals surface area contributed by atoms with E-state index < -0.39 is 0 Å². The zero-order valence-corrected chi connectivity index (χ0v) is 14.5. The van der Waals surface area contributed by atoms with Crippen molar-refractivity contribution in [3.63, 3.8) is 0 Å². The van der Waals surface area contributed by atoms with Gasteiger partial charge in [-0.1, -0.05) is 34.1 Å². The molecule has 0 radical (unpaired) electrons. The number of hydrogen-bond acceptors (Lipinski definition) is 2. The molecule has 0 saturated heterocycles. The van der Waals surface area contributed by atoms with E-state index in [-0.39, 0.29) is 5.97 Å². The summed E-state index contributed by atoms with van der Waals surface area (Å²) in [6, 6.07) is 15.7. The van der Waals surface area contributed by atoms with Crippen molar-refractivity contribution in [3.05, 3.63) is 71.0 Å². The normalized spacial score (nSPS) is 11.1. The minimum Gasteiger partial charge on any atom is -0.465 e. The predicted octanol–water partition coefficient (Wildman–Crippen LogP) is 4.15. The van der Waals surface area contributed by atoms with Crippen LogP contribution in [0, 0.1) is 0 Å². The molecule has 4 nitrogen and oxygen atoms in total. The van der Waals surface area contributed by atoms with Crippen molar-refractivity contribution in [2.45, 2.75) is 0 Å². The van der Waals surface area contributed by atoms with Crippen LogP contribution < -0.4 is 4.57 Å². The fraction of sp³-hybridized carbons (Fsp3) is 0.0526. The van der Waals surface area contributed by atoms with Gasteiger partial charge in [-0.3, -0.25) is 0 Å². The molecule has 118 valence electrons. The Labute approximate surface area is 146 Å². The first kappa shape index (κ1) is 14.9. The highest BCUT2D eigenvalue weighted by Gasteiger charge is 2.21. The molecular formula is C19H14BrN2O2+. The number of H-pyrrole nitrogens is 1. The number of para-hydroxylation sites is 1. The van der Waals surface area contributed by atoms with Gasteiger partial charge in [-0.2, -0.15) is 4.57 Å². The number of carbonyl (C=O) groups excluding carboxylic acids is 1. The number of pyridine rings is 1. The van der Waals surface area contributed by atoms with Crippen LogP contribution in [0.4, 0.5) is 0 Å². The third-order valence-corrected chi connectivity index (χ3v) is 4.58. The van der Waals surface area contributed by atoms with E-state index in [0.29, 0.717) is 5.56 Å². The van der Waals surface area contributed by atoms with E-state index in [2.05, 4.69) is 39.1 Å². The molecule has 0 spiro atoms. The maximum atomic E-state index is 12.1. The Balaban J connectivity index is 1.95. The Morgan fingerprint density at radius 3 is 2.71 bits per heavy atom. The lowest BCUT2D eigenvalue weighted by Gasteiger charge is -2.04. The van der Waals surface area contributed by atoms with Crippen molar-refractivity contribution in [2.24, 2.45) is 0 Å². The molecule has 2 aromatic heterocycles. The zero-order valence-electron chi connectivity index (χ0n) is 12.9. The van der Waals surface area contributed by atoms with Gasteiger partial charge in [-0.25, -0.2) is 4.79 Å². The Morgan fingerprint density at radius 1 is 1.08 bits per heavy atom. The first-order valence-electron chi connectivity index (χ1n) is 7.47. The van der Waals surface area contributed by atoms with E-state index in [1.54, 1.807) is 6.07 Å². The molecule has 0 aliphatic carbocycles. The first-order valence-corrected chi connectivity index (χ1v) is 8.26. The molecule has 1 N–H and O–H groups in total. The largest absolute Gasteiger partial charge is 0.465 e. The summed E-state index contributed by atoms with van der Waals surface area (Å²) >= 11 is 3.47. The molecule has 4 rings (SSSR count). The molecule has 24 heavy (non-hydrogen) atoms. The molecule has 2 aromatic carbocycles. The molecule has 0 atom stereocenters. The number of fused-ring (bicyclic) bond motifs is 3. The number of methoxy groups -OCH3 is 1. The third-order valence-electron chi connectivity index (χ3n) is 4.09. The van der Waals surface area contributed by atoms with Gasteiger partial charge in [0.2, 0.25) is 5.69 Å². The topological polar surface area (TPSA) is 46.0 Å². The van der Waals surface area contributed by atoms with Crippen molar-refractivity contribution in [3.8, 4) is 5.69 Å². The molecule has 0 saturated carbocycles. The van der Waals surface area contributed by atoms with Gasteiger partial charge in [0.1, 0.15) is 11.1 Å². The molecule has 5 heteroatoms. The average molecular weight is 382 g/mol. The number of aromatic amines is 1. The van der Waals surface area contributed by atoms with Crippen LogP contribution in [0.25, 0.3) is 27.5 Å². The lowest BCUT2D eigenvalue weighted by molar-refractivity contribution is -0.594. The lowest BCUT2D eigenvalue weighted by Crippen LogP contribution is -2.32. The quantitative estimate of drug-likeness (QED) is 0.418. The van der Waals surface area contributed by atoms with Gasteiger partial charge in [-0.15, -0.1) is 0 Å². The van der Waals surface area contributed by atoms with Gasteiger partial charge in [0.25, 0.3) is 0 Å². The van der Waals surface area contributed by atoms with E-state index in [1.165, 1.54) is 12.5 Å². The number of hydrogen-bond donors (Lipinski definition) is 1. The highest BCUT2D eigenvalue weighted by Crippen LogP contribution is 2.24. The molecule has 0 fully saturated rings. The molecular weight excluding hydrogens is 368 g/mol. The van der Waals surface area contributed by atoms with E-state index in [9.17, 15) is 4.79 Å². The SMILES string of the molecule is COC(=O)c1ccc(Br)cc1-[n+]1ccc2c(c1)[nH]c1ccccc12. The maximum absolute atomic E-state index is 12.1. The van der Waals surface area contributed by atoms with Crippen LogP contribution in [0.15, 0.2) is 65.4 Å². The van der Waals surface area contributed by atoms with Gasteiger partial charge in [0, 0.05) is 32.9 Å². The van der Waals surface area contributed by atoms with Crippen molar-refractivity contribution in [2.75, 3.05) is 7.11 Å². The lowest BCUT2D eigenvalue weighted by atomic mass is 10.1. The maximum Gasteiger partial charge on any atom is 0.344 e. The molecule has 4 aromatic rings. The summed E-state index contributed by atoms with van der Waals surface area (Å²) in [5.41, 5.74) is 3.38. The highest BCUT2D eigenvalue weighted by atomic mass is 79.9. The van der Waals surface area contributed by atoms with E-state index >= 15 is 0 Å². The summed E-state index contributed by atoms with van der Waals surface area (Å²) in [5, 5.41) is 2.33. The fourth-order valence-corrected chi connectivity index (χ4v) is 3.30. The average Bonchev–Trinajstić information content (AvgIpc) is 2.98. The van der Waals surface area contributed by atoms with Crippen LogP contribution in [-0.4, -0.2) is 18.1 Å². The minimum absolute atomic E-state index is 0.359. The van der Waals surface area contributed by atoms with E-state index in [4.69, 9.17) is 4.74 Å². The van der Waals surface area contributed by atoms with Gasteiger partial charge in [-0.05, 0) is 18.2 Å². The van der Waals surface area contributed by atoms with Crippen LogP contribution in [0.5, 0.6) is 0 Å². The van der Waals surface area contributed by atoms with Gasteiger partial charge in [0.15, 0.2) is 12.4 Å². The minimum atomic E-state index is -0.359. The third kappa shape index (κ3) is 2.37. The number of aromatic nitrogens is 2. The smallest absolute Gasteiger partial charge is 0.344 e. The van der Waals surface area contributed by atoms with Gasteiger partial charge < -0.3 is 9.72 Å². The summed E-state index contributed by atoms with van der Waals surface area (Å²) in [6.07, 6.45) is 3.94. The number of halogens is 1. The predicted molar refractivity (Wildman–Crippen MR) is 96.4 cm³/mol. The van der Waals surface area contributed by atoms with Gasteiger partial charge >= 0.3 is 5.97 Å². The Bertz CT molecular complexity index is 1090. The molecule has 0 aliphatic rings. The Morgan fingerprint density at radius 2 is 1.88 bits per heavy atom.